The van der Waals surface area contributed by atoms with E-state index in [0.717, 1.165) is 24.0 Å². The molecule has 0 atom stereocenters. The van der Waals surface area contributed by atoms with Gasteiger partial charge in [0.05, 0.1) is 5.92 Å². The van der Waals surface area contributed by atoms with Crippen LogP contribution in [0.5, 0.6) is 5.75 Å². The first-order chi connectivity index (χ1) is 15.5. The van der Waals surface area contributed by atoms with Crippen LogP contribution in [0.1, 0.15) is 61.1 Å². The molecule has 1 aliphatic heterocycles. The SMILES string of the molecule is Cc1ccc(COc2ccc(Cl)cc2C2C3=C(CCCC3=O)OC3=C2C(=O)CCC3)cc1. The summed E-state index contributed by atoms with van der Waals surface area (Å²) in [5.74, 6) is 1.67. The summed E-state index contributed by atoms with van der Waals surface area (Å²) >= 11 is 6.40. The van der Waals surface area contributed by atoms with E-state index in [4.69, 9.17) is 21.1 Å². The summed E-state index contributed by atoms with van der Waals surface area (Å²) in [7, 11) is 0. The zero-order chi connectivity index (χ0) is 22.2. The molecule has 0 saturated carbocycles. The Morgan fingerprint density at radius 1 is 0.906 bits per heavy atom. The minimum absolute atomic E-state index is 0.0469. The van der Waals surface area contributed by atoms with Crippen molar-refractivity contribution in [3.8, 4) is 5.75 Å². The number of Topliss-reactive ketones (excluding diaryl/α,β-unsaturated/α-hetero) is 2. The topological polar surface area (TPSA) is 52.6 Å². The van der Waals surface area contributed by atoms with Crippen molar-refractivity contribution < 1.29 is 19.1 Å². The molecule has 164 valence electrons. The van der Waals surface area contributed by atoms with Crippen molar-refractivity contribution in [2.45, 2.75) is 58.0 Å². The van der Waals surface area contributed by atoms with Crippen molar-refractivity contribution in [3.05, 3.63) is 86.8 Å². The van der Waals surface area contributed by atoms with Crippen LogP contribution >= 0.6 is 11.6 Å². The summed E-state index contributed by atoms with van der Waals surface area (Å²) in [5, 5.41) is 0.546. The Labute approximate surface area is 192 Å². The molecule has 0 saturated heterocycles. The number of rotatable bonds is 4. The average Bonchev–Trinajstić information content (AvgIpc) is 2.78. The third-order valence-corrected chi connectivity index (χ3v) is 6.67. The van der Waals surface area contributed by atoms with Gasteiger partial charge in [-0.05, 0) is 43.5 Å². The van der Waals surface area contributed by atoms with E-state index in [9.17, 15) is 9.59 Å². The zero-order valence-electron chi connectivity index (χ0n) is 18.1. The summed E-state index contributed by atoms with van der Waals surface area (Å²) in [4.78, 5) is 26.1. The third kappa shape index (κ3) is 3.88. The molecule has 5 heteroatoms. The van der Waals surface area contributed by atoms with Crippen molar-refractivity contribution in [2.75, 3.05) is 0 Å². The van der Waals surface area contributed by atoms with Crippen LogP contribution in [0.25, 0.3) is 0 Å². The van der Waals surface area contributed by atoms with Crippen molar-refractivity contribution in [3.63, 3.8) is 0 Å². The number of hydrogen-bond acceptors (Lipinski definition) is 4. The molecule has 0 amide bonds. The van der Waals surface area contributed by atoms with E-state index in [1.54, 1.807) is 6.07 Å². The normalized spacial score (nSPS) is 18.9. The predicted molar refractivity (Wildman–Crippen MR) is 123 cm³/mol. The fourth-order valence-electron chi connectivity index (χ4n) is 4.85. The summed E-state index contributed by atoms with van der Waals surface area (Å²) in [5.41, 5.74) is 4.21. The molecule has 0 N–H and O–H groups in total. The minimum Gasteiger partial charge on any atom is -0.489 e. The molecule has 2 aliphatic carbocycles. The molecule has 32 heavy (non-hydrogen) atoms. The Kier molecular flexibility index (Phi) is 5.64. The van der Waals surface area contributed by atoms with E-state index in [1.165, 1.54) is 5.56 Å². The minimum atomic E-state index is -0.485. The first kappa shape index (κ1) is 21.0. The Morgan fingerprint density at radius 3 is 2.16 bits per heavy atom. The Morgan fingerprint density at radius 2 is 1.53 bits per heavy atom. The van der Waals surface area contributed by atoms with E-state index in [1.807, 2.05) is 31.2 Å². The van der Waals surface area contributed by atoms with Crippen LogP contribution in [0.2, 0.25) is 5.02 Å². The van der Waals surface area contributed by atoms with E-state index in [2.05, 4.69) is 12.1 Å². The van der Waals surface area contributed by atoms with Crippen molar-refractivity contribution in [2.24, 2.45) is 0 Å². The highest BCUT2D eigenvalue weighted by atomic mass is 35.5. The van der Waals surface area contributed by atoms with Crippen LogP contribution in [0.3, 0.4) is 0 Å². The second kappa shape index (κ2) is 8.59. The number of hydrogen-bond donors (Lipinski definition) is 0. The van der Waals surface area contributed by atoms with Crippen LogP contribution in [0.4, 0.5) is 0 Å². The number of ether oxygens (including phenoxy) is 2. The Bertz CT molecular complexity index is 1110. The van der Waals surface area contributed by atoms with E-state index < -0.39 is 5.92 Å². The molecule has 0 aromatic heterocycles. The molecule has 5 rings (SSSR count). The van der Waals surface area contributed by atoms with Gasteiger partial charge in [-0.3, -0.25) is 9.59 Å². The van der Waals surface area contributed by atoms with Gasteiger partial charge < -0.3 is 9.47 Å². The maximum Gasteiger partial charge on any atom is 0.163 e. The van der Waals surface area contributed by atoms with Crippen LogP contribution in [-0.2, 0) is 20.9 Å². The van der Waals surface area contributed by atoms with Gasteiger partial charge in [-0.2, -0.15) is 0 Å². The summed E-state index contributed by atoms with van der Waals surface area (Å²) in [6.07, 6.45) is 3.90. The maximum atomic E-state index is 13.1. The first-order valence-corrected chi connectivity index (χ1v) is 11.6. The molecule has 2 aromatic rings. The van der Waals surface area contributed by atoms with Crippen molar-refractivity contribution in [1.29, 1.82) is 0 Å². The summed E-state index contributed by atoms with van der Waals surface area (Å²) < 4.78 is 12.4. The van der Waals surface area contributed by atoms with Gasteiger partial charge in [0, 0.05) is 47.4 Å². The number of ketones is 2. The van der Waals surface area contributed by atoms with Crippen LogP contribution in [0, 0.1) is 6.92 Å². The van der Waals surface area contributed by atoms with Gasteiger partial charge in [-0.15, -0.1) is 0 Å². The lowest BCUT2D eigenvalue weighted by molar-refractivity contribution is -0.117. The lowest BCUT2D eigenvalue weighted by Gasteiger charge is -2.36. The molecule has 0 spiro atoms. The highest BCUT2D eigenvalue weighted by Crippen LogP contribution is 2.50. The fraction of sp³-hybridized carbons (Fsp3) is 0.333. The number of aryl methyl sites for hydroxylation is 1. The molecule has 2 aromatic carbocycles. The monoisotopic (exact) mass is 448 g/mol. The smallest absolute Gasteiger partial charge is 0.163 e. The standard InChI is InChI=1S/C27H25ClO4/c1-16-8-10-17(11-9-16)15-31-22-13-12-18(28)14-19(22)25-26-20(29)4-2-6-23(26)32-24-7-3-5-21(30)27(24)25/h8-14,25H,2-7,15H2,1H3. The molecular weight excluding hydrogens is 424 g/mol. The summed E-state index contributed by atoms with van der Waals surface area (Å²) in [6.45, 7) is 2.43. The molecule has 0 unspecified atom stereocenters. The highest BCUT2D eigenvalue weighted by Gasteiger charge is 2.42. The lowest BCUT2D eigenvalue weighted by atomic mass is 9.73. The number of allylic oxidation sites excluding steroid dienone is 4. The van der Waals surface area contributed by atoms with Crippen molar-refractivity contribution in [1.82, 2.24) is 0 Å². The number of carbonyl (C=O) groups is 2. The second-order valence-corrected chi connectivity index (χ2v) is 9.16. The predicted octanol–water partition coefficient (Wildman–Crippen LogP) is 6.36. The average molecular weight is 449 g/mol. The number of carbonyl (C=O) groups excluding carboxylic acids is 2. The van der Waals surface area contributed by atoms with Gasteiger partial charge in [-0.25, -0.2) is 0 Å². The molecular formula is C27H25ClO4. The number of benzene rings is 2. The van der Waals surface area contributed by atoms with Gasteiger partial charge >= 0.3 is 0 Å². The van der Waals surface area contributed by atoms with Gasteiger partial charge in [0.2, 0.25) is 0 Å². The van der Waals surface area contributed by atoms with Gasteiger partial charge in [-0.1, -0.05) is 41.4 Å². The first-order valence-electron chi connectivity index (χ1n) is 11.2. The van der Waals surface area contributed by atoms with E-state index in [-0.39, 0.29) is 11.6 Å². The molecule has 1 heterocycles. The van der Waals surface area contributed by atoms with Crippen LogP contribution < -0.4 is 4.74 Å². The highest BCUT2D eigenvalue weighted by molar-refractivity contribution is 6.30. The van der Waals surface area contributed by atoms with Crippen LogP contribution in [-0.4, -0.2) is 11.6 Å². The van der Waals surface area contributed by atoms with Crippen molar-refractivity contribution >= 4 is 23.2 Å². The zero-order valence-corrected chi connectivity index (χ0v) is 18.8. The summed E-state index contributed by atoms with van der Waals surface area (Å²) in [6, 6.07) is 13.6. The fourth-order valence-corrected chi connectivity index (χ4v) is 5.03. The Balaban J connectivity index is 1.59. The molecule has 0 bridgehead atoms. The largest absolute Gasteiger partial charge is 0.489 e. The third-order valence-electron chi connectivity index (χ3n) is 6.44. The Hall–Kier alpha value is -2.85. The van der Waals surface area contributed by atoms with Gasteiger partial charge in [0.15, 0.2) is 11.6 Å². The second-order valence-electron chi connectivity index (χ2n) is 8.72. The lowest BCUT2D eigenvalue weighted by Crippen LogP contribution is -2.30. The molecule has 4 nitrogen and oxygen atoms in total. The maximum absolute atomic E-state index is 13.1. The van der Waals surface area contributed by atoms with E-state index in [0.29, 0.717) is 65.7 Å². The van der Waals surface area contributed by atoms with E-state index >= 15 is 0 Å². The quantitative estimate of drug-likeness (QED) is 0.546. The molecule has 3 aliphatic rings. The molecule has 0 fully saturated rings. The van der Waals surface area contributed by atoms with Gasteiger partial charge in [0.25, 0.3) is 0 Å². The molecule has 0 radical (unpaired) electrons. The van der Waals surface area contributed by atoms with Crippen LogP contribution in [0.15, 0.2) is 65.1 Å². The van der Waals surface area contributed by atoms with Gasteiger partial charge in [0.1, 0.15) is 23.9 Å². The number of halogens is 1.